The van der Waals surface area contributed by atoms with E-state index in [1.54, 1.807) is 12.1 Å². The largest absolute Gasteiger partial charge is 0.330 e. The van der Waals surface area contributed by atoms with Gasteiger partial charge in [0.1, 0.15) is 0 Å². The van der Waals surface area contributed by atoms with Crippen molar-refractivity contribution < 1.29 is 4.92 Å². The molecule has 0 aliphatic carbocycles. The van der Waals surface area contributed by atoms with E-state index in [0.717, 1.165) is 44.2 Å². The van der Waals surface area contributed by atoms with Crippen molar-refractivity contribution in [2.24, 2.45) is 11.5 Å². The van der Waals surface area contributed by atoms with Crippen molar-refractivity contribution in [2.45, 2.75) is 38.5 Å². The second-order valence-corrected chi connectivity index (χ2v) is 5.86. The molecule has 6 heteroatoms. The third-order valence-electron chi connectivity index (χ3n) is 3.85. The van der Waals surface area contributed by atoms with Crippen LogP contribution in [0.1, 0.15) is 36.8 Å². The van der Waals surface area contributed by atoms with Gasteiger partial charge in [0, 0.05) is 11.6 Å². The van der Waals surface area contributed by atoms with Crippen molar-refractivity contribution in [2.75, 3.05) is 13.1 Å². The highest BCUT2D eigenvalue weighted by Gasteiger charge is 2.10. The Morgan fingerprint density at radius 2 is 1.31 bits per heavy atom. The van der Waals surface area contributed by atoms with E-state index in [-0.39, 0.29) is 23.0 Å². The molecule has 0 radical (unpaired) electrons. The second-order valence-electron chi connectivity index (χ2n) is 5.86. The topological polar surface area (TPSA) is 95.2 Å². The van der Waals surface area contributed by atoms with Crippen LogP contribution in [0.25, 0.3) is 0 Å². The molecule has 0 unspecified atom stereocenters. The van der Waals surface area contributed by atoms with Crippen LogP contribution in [0, 0.1) is 10.1 Å². The fourth-order valence-corrected chi connectivity index (χ4v) is 2.48. The third-order valence-corrected chi connectivity index (χ3v) is 3.85. The Balaban J connectivity index is 0.000000475. The van der Waals surface area contributed by atoms with Gasteiger partial charge in [-0.05, 0) is 57.2 Å². The van der Waals surface area contributed by atoms with Crippen LogP contribution < -0.4 is 11.5 Å². The van der Waals surface area contributed by atoms with E-state index in [0.29, 0.717) is 6.54 Å². The first-order chi connectivity index (χ1) is 12.2. The Labute approximate surface area is 162 Å². The van der Waals surface area contributed by atoms with E-state index in [1.807, 2.05) is 12.1 Å². The number of benzene rings is 2. The number of hydrogen-bond acceptors (Lipinski definition) is 4. The zero-order chi connectivity index (χ0) is 18.3. The SMILES string of the molecule is Cl.NCCCCc1ccccc1.NCCCCc1ccccc1[N+](=O)[O-]. The molecule has 26 heavy (non-hydrogen) atoms. The number of halogens is 1. The number of hydrogen-bond donors (Lipinski definition) is 2. The molecule has 0 bridgehead atoms. The molecule has 0 aromatic heterocycles. The monoisotopic (exact) mass is 379 g/mol. The summed E-state index contributed by atoms with van der Waals surface area (Å²) in [5.74, 6) is 0. The van der Waals surface area contributed by atoms with E-state index in [4.69, 9.17) is 11.5 Å². The highest BCUT2D eigenvalue weighted by Crippen LogP contribution is 2.19. The van der Waals surface area contributed by atoms with Gasteiger partial charge >= 0.3 is 0 Å². The lowest BCUT2D eigenvalue weighted by atomic mass is 10.1. The highest BCUT2D eigenvalue weighted by atomic mass is 35.5. The molecule has 144 valence electrons. The Bertz CT molecular complexity index is 609. The minimum atomic E-state index is -0.336. The van der Waals surface area contributed by atoms with Gasteiger partial charge in [-0.3, -0.25) is 10.1 Å². The number of nitro groups is 1. The van der Waals surface area contributed by atoms with Crippen LogP contribution in [-0.2, 0) is 12.8 Å². The Morgan fingerprint density at radius 3 is 1.88 bits per heavy atom. The first-order valence-corrected chi connectivity index (χ1v) is 8.85. The van der Waals surface area contributed by atoms with Crippen LogP contribution in [0.3, 0.4) is 0 Å². The summed E-state index contributed by atoms with van der Waals surface area (Å²) in [4.78, 5) is 10.3. The number of aryl methyl sites for hydroxylation is 2. The summed E-state index contributed by atoms with van der Waals surface area (Å²) in [5, 5.41) is 10.6. The summed E-state index contributed by atoms with van der Waals surface area (Å²) < 4.78 is 0. The van der Waals surface area contributed by atoms with Crippen molar-refractivity contribution in [3.63, 3.8) is 0 Å². The molecule has 0 atom stereocenters. The number of nitro benzene ring substituents is 1. The molecule has 0 aliphatic heterocycles. The van der Waals surface area contributed by atoms with E-state index < -0.39 is 0 Å². The molecule has 4 N–H and O–H groups in total. The molecule has 0 saturated heterocycles. The molecular formula is C20H30ClN3O2. The standard InChI is InChI=1S/C10H14N2O2.C10H15N.ClH/c11-8-4-3-6-9-5-1-2-7-10(9)12(13)14;11-9-5-4-8-10-6-2-1-3-7-10;/h1-2,5,7H,3-4,6,8,11H2;1-3,6-7H,4-5,8-9,11H2;1H. The van der Waals surface area contributed by atoms with E-state index in [9.17, 15) is 10.1 Å². The average Bonchev–Trinajstić information content (AvgIpc) is 2.64. The zero-order valence-electron chi connectivity index (χ0n) is 15.2. The van der Waals surface area contributed by atoms with E-state index in [2.05, 4.69) is 24.3 Å². The lowest BCUT2D eigenvalue weighted by molar-refractivity contribution is -0.385. The summed E-state index contributed by atoms with van der Waals surface area (Å²) in [6, 6.07) is 17.4. The maximum atomic E-state index is 10.6. The van der Waals surface area contributed by atoms with Crippen molar-refractivity contribution in [1.82, 2.24) is 0 Å². The van der Waals surface area contributed by atoms with Gasteiger partial charge in [0.25, 0.3) is 5.69 Å². The highest BCUT2D eigenvalue weighted by molar-refractivity contribution is 5.85. The van der Waals surface area contributed by atoms with Gasteiger partial charge < -0.3 is 11.5 Å². The summed E-state index contributed by atoms with van der Waals surface area (Å²) >= 11 is 0. The van der Waals surface area contributed by atoms with Crippen LogP contribution in [0.15, 0.2) is 54.6 Å². The molecular weight excluding hydrogens is 350 g/mol. The predicted octanol–water partition coefficient (Wildman–Crippen LogP) is 4.27. The van der Waals surface area contributed by atoms with Crippen molar-refractivity contribution >= 4 is 18.1 Å². The van der Waals surface area contributed by atoms with Crippen molar-refractivity contribution in [3.8, 4) is 0 Å². The fraction of sp³-hybridized carbons (Fsp3) is 0.400. The smallest absolute Gasteiger partial charge is 0.272 e. The third kappa shape index (κ3) is 10.1. The van der Waals surface area contributed by atoms with Gasteiger partial charge in [0.2, 0.25) is 0 Å². The van der Waals surface area contributed by atoms with E-state index >= 15 is 0 Å². The summed E-state index contributed by atoms with van der Waals surface area (Å²) in [7, 11) is 0. The number of rotatable bonds is 9. The predicted molar refractivity (Wildman–Crippen MR) is 111 cm³/mol. The lowest BCUT2D eigenvalue weighted by Gasteiger charge is -2.01. The first kappa shape index (κ1) is 24.1. The molecule has 0 heterocycles. The maximum Gasteiger partial charge on any atom is 0.272 e. The molecule has 0 fully saturated rings. The lowest BCUT2D eigenvalue weighted by Crippen LogP contribution is -2.00. The van der Waals surface area contributed by atoms with Crippen LogP contribution in [0.4, 0.5) is 5.69 Å². The van der Waals surface area contributed by atoms with Crippen molar-refractivity contribution in [1.29, 1.82) is 0 Å². The number of para-hydroxylation sites is 1. The Kier molecular flexibility index (Phi) is 14.2. The molecule has 5 nitrogen and oxygen atoms in total. The molecule has 2 aromatic rings. The Morgan fingerprint density at radius 1 is 0.769 bits per heavy atom. The Hall–Kier alpha value is -1.95. The minimum Gasteiger partial charge on any atom is -0.330 e. The van der Waals surface area contributed by atoms with Gasteiger partial charge in [-0.1, -0.05) is 48.5 Å². The molecule has 0 saturated carbocycles. The fourth-order valence-electron chi connectivity index (χ4n) is 2.48. The molecule has 2 aromatic carbocycles. The van der Waals surface area contributed by atoms with Crippen LogP contribution in [0.5, 0.6) is 0 Å². The summed E-state index contributed by atoms with van der Waals surface area (Å²) in [6.45, 7) is 1.45. The van der Waals surface area contributed by atoms with Crippen LogP contribution in [0.2, 0.25) is 0 Å². The summed E-state index contributed by atoms with van der Waals surface area (Å²) in [6.07, 6.45) is 6.05. The molecule has 0 aliphatic rings. The van der Waals surface area contributed by atoms with Crippen LogP contribution >= 0.6 is 12.4 Å². The number of unbranched alkanes of at least 4 members (excludes halogenated alkanes) is 2. The first-order valence-electron chi connectivity index (χ1n) is 8.85. The van der Waals surface area contributed by atoms with Gasteiger partial charge in [-0.25, -0.2) is 0 Å². The second kappa shape index (κ2) is 15.3. The van der Waals surface area contributed by atoms with Crippen LogP contribution in [-0.4, -0.2) is 18.0 Å². The van der Waals surface area contributed by atoms with E-state index in [1.165, 1.54) is 18.1 Å². The van der Waals surface area contributed by atoms with Gasteiger partial charge in [0.05, 0.1) is 4.92 Å². The molecule has 2 rings (SSSR count). The van der Waals surface area contributed by atoms with Gasteiger partial charge in [-0.2, -0.15) is 0 Å². The average molecular weight is 380 g/mol. The molecule has 0 amide bonds. The van der Waals surface area contributed by atoms with Crippen molar-refractivity contribution in [3.05, 3.63) is 75.8 Å². The zero-order valence-corrected chi connectivity index (χ0v) is 16.0. The molecule has 0 spiro atoms. The van der Waals surface area contributed by atoms with Gasteiger partial charge in [-0.15, -0.1) is 12.4 Å². The minimum absolute atomic E-state index is 0. The van der Waals surface area contributed by atoms with Gasteiger partial charge in [0.15, 0.2) is 0 Å². The normalized spacial score (nSPS) is 9.62. The maximum absolute atomic E-state index is 10.6. The number of nitrogens with two attached hydrogens (primary N) is 2. The number of nitrogens with zero attached hydrogens (tertiary/aromatic N) is 1. The summed E-state index contributed by atoms with van der Waals surface area (Å²) in [5.41, 5.74) is 13.2. The quantitative estimate of drug-likeness (QED) is 0.386.